The molecular formula is C25H29N7O3. The van der Waals surface area contributed by atoms with Crippen molar-refractivity contribution in [3.05, 3.63) is 47.9 Å². The van der Waals surface area contributed by atoms with Crippen LogP contribution in [0.4, 0.5) is 11.4 Å². The Morgan fingerprint density at radius 3 is 2.89 bits per heavy atom. The number of hydrogen-bond acceptors (Lipinski definition) is 7. The maximum absolute atomic E-state index is 13.3. The lowest BCUT2D eigenvalue weighted by molar-refractivity contribution is -0.146. The lowest BCUT2D eigenvalue weighted by Gasteiger charge is -2.38. The zero-order valence-electron chi connectivity index (χ0n) is 19.6. The fraction of sp³-hybridized carbons (Fsp3) is 0.400. The standard InChI is InChI=1S/C25H29N7O3/c1-15-2-5-22(16-3-4-17-13-32(30-20(17)8-16)19-6-7-35-14-19)31(12-15)25(34)24(33)29-21-11-28-10-18(9-26)23(21)27/h3-4,8-11,13,15,19,22,26H,2,5-7,12,14H2,1H3,(H2,27,28)(H,29,33)/t15-,19?,22+/m0/s1. The number of benzene rings is 1. The molecule has 1 aromatic carbocycles. The largest absolute Gasteiger partial charge is 0.396 e. The van der Waals surface area contributed by atoms with E-state index in [-0.39, 0.29) is 29.4 Å². The number of aromatic nitrogens is 3. The maximum Gasteiger partial charge on any atom is 0.314 e. The van der Waals surface area contributed by atoms with Crippen molar-refractivity contribution in [3.63, 3.8) is 0 Å². The predicted molar refractivity (Wildman–Crippen MR) is 132 cm³/mol. The zero-order chi connectivity index (χ0) is 24.5. The number of carbonyl (C=O) groups is 2. The van der Waals surface area contributed by atoms with Crippen molar-refractivity contribution in [2.24, 2.45) is 5.92 Å². The fourth-order valence-corrected chi connectivity index (χ4v) is 4.91. The number of carbonyl (C=O) groups excluding carboxylic acids is 2. The molecule has 2 aliphatic heterocycles. The fourth-order valence-electron chi connectivity index (χ4n) is 4.91. The van der Waals surface area contributed by atoms with Gasteiger partial charge in [-0.1, -0.05) is 19.1 Å². The summed E-state index contributed by atoms with van der Waals surface area (Å²) in [6, 6.07) is 6.09. The number of likely N-dealkylation sites (tertiary alicyclic amines) is 1. The number of rotatable bonds is 4. The molecule has 3 aromatic rings. The third-order valence-corrected chi connectivity index (χ3v) is 6.91. The SMILES string of the molecule is C[C@H]1CC[C@H](c2ccc3cn(C4CCOC4)nc3c2)N(C(=O)C(=O)Nc2cncc(C=N)c2N)C1. The van der Waals surface area contributed by atoms with E-state index in [4.69, 9.17) is 21.0 Å². The molecule has 2 saturated heterocycles. The van der Waals surface area contributed by atoms with Gasteiger partial charge >= 0.3 is 11.8 Å². The minimum absolute atomic E-state index is 0.202. The second-order valence-corrected chi connectivity index (χ2v) is 9.39. The van der Waals surface area contributed by atoms with E-state index < -0.39 is 11.8 Å². The third kappa shape index (κ3) is 4.49. The molecule has 10 nitrogen and oxygen atoms in total. The number of pyridine rings is 1. The van der Waals surface area contributed by atoms with E-state index in [0.29, 0.717) is 18.7 Å². The van der Waals surface area contributed by atoms with Gasteiger partial charge in [0.1, 0.15) is 0 Å². The molecule has 10 heteroatoms. The molecule has 2 fully saturated rings. The average Bonchev–Trinajstić information content (AvgIpc) is 3.54. The minimum atomic E-state index is -0.772. The van der Waals surface area contributed by atoms with Crippen molar-refractivity contribution in [1.82, 2.24) is 19.7 Å². The van der Waals surface area contributed by atoms with Crippen molar-refractivity contribution in [2.75, 3.05) is 30.8 Å². The molecule has 0 saturated carbocycles. The Labute approximate surface area is 203 Å². The summed E-state index contributed by atoms with van der Waals surface area (Å²) in [6.07, 6.45) is 8.57. The molecule has 4 heterocycles. The molecule has 182 valence electrons. The van der Waals surface area contributed by atoms with Crippen molar-refractivity contribution < 1.29 is 14.3 Å². The van der Waals surface area contributed by atoms with Crippen molar-refractivity contribution in [2.45, 2.75) is 38.3 Å². The number of piperidine rings is 1. The van der Waals surface area contributed by atoms with Gasteiger partial charge in [-0.15, -0.1) is 0 Å². The Morgan fingerprint density at radius 2 is 2.11 bits per heavy atom. The van der Waals surface area contributed by atoms with Gasteiger partial charge in [-0.05, 0) is 36.8 Å². The van der Waals surface area contributed by atoms with Crippen molar-refractivity contribution >= 4 is 40.3 Å². The van der Waals surface area contributed by atoms with Gasteiger partial charge in [-0.25, -0.2) is 0 Å². The summed E-state index contributed by atoms with van der Waals surface area (Å²) < 4.78 is 7.47. The summed E-state index contributed by atoms with van der Waals surface area (Å²) in [6.45, 7) is 3.98. The molecule has 0 spiro atoms. The van der Waals surface area contributed by atoms with Crippen LogP contribution in [0.25, 0.3) is 10.9 Å². The number of fused-ring (bicyclic) bond motifs is 1. The number of nitrogen functional groups attached to an aromatic ring is 1. The Bertz CT molecular complexity index is 1280. The molecule has 2 aromatic heterocycles. The molecule has 0 aliphatic carbocycles. The minimum Gasteiger partial charge on any atom is -0.396 e. The zero-order valence-corrected chi connectivity index (χ0v) is 19.6. The summed E-state index contributed by atoms with van der Waals surface area (Å²) in [4.78, 5) is 31.9. The molecule has 0 bridgehead atoms. The van der Waals surface area contributed by atoms with Crippen LogP contribution in [0.3, 0.4) is 0 Å². The van der Waals surface area contributed by atoms with Gasteiger partial charge in [0.25, 0.3) is 0 Å². The van der Waals surface area contributed by atoms with Gasteiger partial charge < -0.3 is 26.1 Å². The number of nitrogens with zero attached hydrogens (tertiary/aromatic N) is 4. The predicted octanol–water partition coefficient (Wildman–Crippen LogP) is 2.91. The van der Waals surface area contributed by atoms with E-state index in [0.717, 1.165) is 48.6 Å². The Balaban J connectivity index is 1.39. The van der Waals surface area contributed by atoms with E-state index in [1.54, 1.807) is 4.90 Å². The van der Waals surface area contributed by atoms with Gasteiger partial charge in [-0.3, -0.25) is 19.3 Å². The number of hydrogen-bond donors (Lipinski definition) is 3. The van der Waals surface area contributed by atoms with Gasteiger partial charge in [0.2, 0.25) is 0 Å². The highest BCUT2D eigenvalue weighted by molar-refractivity contribution is 6.40. The number of nitrogens with one attached hydrogen (secondary N) is 2. The Morgan fingerprint density at radius 1 is 1.26 bits per heavy atom. The van der Waals surface area contributed by atoms with Gasteiger partial charge in [0, 0.05) is 42.7 Å². The normalized spacial score (nSPS) is 22.3. The van der Waals surface area contributed by atoms with Crippen LogP contribution in [-0.2, 0) is 14.3 Å². The van der Waals surface area contributed by atoms with Crippen molar-refractivity contribution in [3.8, 4) is 0 Å². The quantitative estimate of drug-likeness (QED) is 0.392. The van der Waals surface area contributed by atoms with Crippen LogP contribution in [0, 0.1) is 11.3 Å². The van der Waals surface area contributed by atoms with Crippen LogP contribution >= 0.6 is 0 Å². The summed E-state index contributed by atoms with van der Waals surface area (Å²) in [5, 5.41) is 15.8. The van der Waals surface area contributed by atoms with Crippen LogP contribution in [-0.4, -0.2) is 57.5 Å². The van der Waals surface area contributed by atoms with Gasteiger partial charge in [0.15, 0.2) is 0 Å². The molecule has 1 unspecified atom stereocenters. The van der Waals surface area contributed by atoms with E-state index in [1.807, 2.05) is 29.1 Å². The van der Waals surface area contributed by atoms with Crippen LogP contribution < -0.4 is 11.1 Å². The first kappa shape index (κ1) is 23.0. The number of nitrogens with two attached hydrogens (primary N) is 1. The second kappa shape index (κ2) is 9.46. The van der Waals surface area contributed by atoms with Crippen LogP contribution in [0.2, 0.25) is 0 Å². The lowest BCUT2D eigenvalue weighted by atomic mass is 9.89. The summed E-state index contributed by atoms with van der Waals surface area (Å²) >= 11 is 0. The maximum atomic E-state index is 13.3. The first-order chi connectivity index (χ1) is 16.9. The highest BCUT2D eigenvalue weighted by Crippen LogP contribution is 2.35. The van der Waals surface area contributed by atoms with Gasteiger partial charge in [-0.2, -0.15) is 5.10 Å². The van der Waals surface area contributed by atoms with E-state index >= 15 is 0 Å². The summed E-state index contributed by atoms with van der Waals surface area (Å²) in [7, 11) is 0. The monoisotopic (exact) mass is 475 g/mol. The molecule has 35 heavy (non-hydrogen) atoms. The Hall–Kier alpha value is -3.79. The van der Waals surface area contributed by atoms with Crippen LogP contribution in [0.5, 0.6) is 0 Å². The van der Waals surface area contributed by atoms with Gasteiger partial charge in [0.05, 0.1) is 41.8 Å². The third-order valence-electron chi connectivity index (χ3n) is 6.91. The van der Waals surface area contributed by atoms with E-state index in [1.165, 1.54) is 12.4 Å². The smallest absolute Gasteiger partial charge is 0.314 e. The average molecular weight is 476 g/mol. The van der Waals surface area contributed by atoms with E-state index in [2.05, 4.69) is 17.2 Å². The van der Waals surface area contributed by atoms with Crippen LogP contribution in [0.15, 0.2) is 36.8 Å². The Kier molecular flexibility index (Phi) is 6.21. The highest BCUT2D eigenvalue weighted by Gasteiger charge is 2.34. The second-order valence-electron chi connectivity index (χ2n) is 9.39. The lowest BCUT2D eigenvalue weighted by Crippen LogP contribution is -2.46. The number of amides is 2. The first-order valence-electron chi connectivity index (χ1n) is 11.9. The first-order valence-corrected chi connectivity index (χ1v) is 11.9. The number of anilines is 2. The molecule has 0 radical (unpaired) electrons. The molecular weight excluding hydrogens is 446 g/mol. The molecule has 4 N–H and O–H groups in total. The van der Waals surface area contributed by atoms with Crippen LogP contribution in [0.1, 0.15) is 49.4 Å². The molecule has 2 amide bonds. The highest BCUT2D eigenvalue weighted by atomic mass is 16.5. The number of ether oxygens (including phenoxy) is 1. The summed E-state index contributed by atoms with van der Waals surface area (Å²) in [5.74, 6) is -1.11. The molecule has 5 rings (SSSR count). The van der Waals surface area contributed by atoms with E-state index in [9.17, 15) is 9.59 Å². The topological polar surface area (TPSA) is 139 Å². The summed E-state index contributed by atoms with van der Waals surface area (Å²) in [5.41, 5.74) is 8.64. The molecule has 2 aliphatic rings. The molecule has 3 atom stereocenters. The van der Waals surface area contributed by atoms with Crippen molar-refractivity contribution in [1.29, 1.82) is 5.41 Å².